The summed E-state index contributed by atoms with van der Waals surface area (Å²) < 4.78 is 0. The van der Waals surface area contributed by atoms with Crippen LogP contribution < -0.4 is 0 Å². The zero-order valence-electron chi connectivity index (χ0n) is 7.71. The lowest BCUT2D eigenvalue weighted by molar-refractivity contribution is -0.194. The van der Waals surface area contributed by atoms with Gasteiger partial charge in [-0.2, -0.15) is 0 Å². The Hall–Kier alpha value is -0.370. The smallest absolute Gasteiger partial charge is 0.151 e. The van der Waals surface area contributed by atoms with E-state index >= 15 is 0 Å². The summed E-state index contributed by atoms with van der Waals surface area (Å²) in [6.07, 6.45) is 3.49. The van der Waals surface area contributed by atoms with Crippen LogP contribution in [0.3, 0.4) is 0 Å². The van der Waals surface area contributed by atoms with Gasteiger partial charge in [0.25, 0.3) is 0 Å². The Balaban J connectivity index is 2.27. The largest absolute Gasteiger partial charge is 0.382 e. The average Bonchev–Trinajstić information content (AvgIpc) is 2.04. The van der Waals surface area contributed by atoms with Crippen molar-refractivity contribution in [1.82, 2.24) is 0 Å². The third-order valence-electron chi connectivity index (χ3n) is 4.17. The van der Waals surface area contributed by atoms with E-state index in [0.717, 1.165) is 25.0 Å². The normalized spacial score (nSPS) is 49.6. The van der Waals surface area contributed by atoms with Crippen LogP contribution in [0.5, 0.6) is 0 Å². The molecule has 2 unspecified atom stereocenters. The number of hydrogen-bond acceptors (Lipinski definition) is 2. The van der Waals surface area contributed by atoms with Gasteiger partial charge in [0, 0.05) is 5.92 Å². The van der Waals surface area contributed by atoms with Crippen molar-refractivity contribution in [3.8, 4) is 0 Å². The number of aliphatic hydroxyl groups is 1. The first-order valence-electron chi connectivity index (χ1n) is 4.69. The summed E-state index contributed by atoms with van der Waals surface area (Å²) in [5.74, 6) is 0.948. The van der Waals surface area contributed by atoms with Crippen molar-refractivity contribution in [2.24, 2.45) is 17.3 Å². The van der Waals surface area contributed by atoms with Gasteiger partial charge in [-0.1, -0.05) is 13.8 Å². The van der Waals surface area contributed by atoms with Crippen molar-refractivity contribution in [3.63, 3.8) is 0 Å². The maximum absolute atomic E-state index is 10.8. The van der Waals surface area contributed by atoms with Gasteiger partial charge in [-0.15, -0.1) is 0 Å². The zero-order chi connectivity index (χ0) is 8.98. The summed E-state index contributed by atoms with van der Waals surface area (Å²) in [4.78, 5) is 10.8. The van der Waals surface area contributed by atoms with Gasteiger partial charge in [0.05, 0.1) is 0 Å². The Morgan fingerprint density at radius 1 is 1.50 bits per heavy atom. The van der Waals surface area contributed by atoms with Crippen molar-refractivity contribution in [3.05, 3.63) is 0 Å². The molecule has 3 rings (SSSR count). The van der Waals surface area contributed by atoms with Crippen LogP contribution in [0, 0.1) is 17.3 Å². The molecule has 0 amide bonds. The summed E-state index contributed by atoms with van der Waals surface area (Å²) in [6, 6.07) is 0. The third kappa shape index (κ3) is 0.764. The summed E-state index contributed by atoms with van der Waals surface area (Å²) >= 11 is 0. The number of fused-ring (bicyclic) bond motifs is 2. The molecule has 3 fully saturated rings. The summed E-state index contributed by atoms with van der Waals surface area (Å²) in [6.45, 7) is 4.33. The fourth-order valence-electron chi connectivity index (χ4n) is 3.07. The van der Waals surface area contributed by atoms with E-state index in [4.69, 9.17) is 0 Å². The zero-order valence-corrected chi connectivity index (χ0v) is 7.71. The molecule has 0 heterocycles. The minimum absolute atomic E-state index is 0.188. The SMILES string of the molecule is CC1(C)C2CC[C@](O)(C=O)C1C2. The first kappa shape index (κ1) is 8.24. The first-order valence-corrected chi connectivity index (χ1v) is 4.69. The number of rotatable bonds is 1. The molecular weight excluding hydrogens is 152 g/mol. The lowest BCUT2D eigenvalue weighted by Gasteiger charge is -2.61. The predicted octanol–water partition coefficient (Wildman–Crippen LogP) is 1.37. The molecule has 1 N–H and O–H groups in total. The van der Waals surface area contributed by atoms with Crippen LogP contribution in [0.4, 0.5) is 0 Å². The lowest BCUT2D eigenvalue weighted by atomic mass is 9.44. The molecule has 2 bridgehead atoms. The van der Waals surface area contributed by atoms with Gasteiger partial charge in [0.1, 0.15) is 5.60 Å². The fraction of sp³-hybridized carbons (Fsp3) is 0.900. The van der Waals surface area contributed by atoms with E-state index in [1.54, 1.807) is 0 Å². The number of carbonyl (C=O) groups is 1. The van der Waals surface area contributed by atoms with Crippen molar-refractivity contribution in [2.45, 2.75) is 38.7 Å². The molecule has 0 radical (unpaired) electrons. The average molecular weight is 168 g/mol. The second-order valence-corrected chi connectivity index (χ2v) is 4.95. The van der Waals surface area contributed by atoms with Crippen LogP contribution in [0.25, 0.3) is 0 Å². The molecule has 3 saturated carbocycles. The monoisotopic (exact) mass is 168 g/mol. The number of hydrogen-bond donors (Lipinski definition) is 1. The highest BCUT2D eigenvalue weighted by Gasteiger charge is 2.60. The molecule has 0 aliphatic heterocycles. The molecule has 0 aromatic heterocycles. The summed E-state index contributed by atoms with van der Waals surface area (Å²) in [5, 5.41) is 9.95. The van der Waals surface area contributed by atoms with E-state index < -0.39 is 5.60 Å². The van der Waals surface area contributed by atoms with E-state index in [1.807, 2.05) is 0 Å². The third-order valence-corrected chi connectivity index (χ3v) is 4.17. The molecule has 0 aromatic carbocycles. The van der Waals surface area contributed by atoms with E-state index in [1.165, 1.54) is 0 Å². The molecule has 3 aliphatic rings. The molecular formula is C10H16O2. The molecule has 68 valence electrons. The van der Waals surface area contributed by atoms with Crippen molar-refractivity contribution in [2.75, 3.05) is 0 Å². The quantitative estimate of drug-likeness (QED) is 0.600. The molecule has 0 aromatic rings. The molecule has 3 atom stereocenters. The highest BCUT2D eigenvalue weighted by atomic mass is 16.3. The molecule has 2 heteroatoms. The fourth-order valence-corrected chi connectivity index (χ4v) is 3.07. The van der Waals surface area contributed by atoms with Gasteiger partial charge >= 0.3 is 0 Å². The predicted molar refractivity (Wildman–Crippen MR) is 45.6 cm³/mol. The number of aldehydes is 1. The van der Waals surface area contributed by atoms with Gasteiger partial charge in [0.2, 0.25) is 0 Å². The Kier molecular flexibility index (Phi) is 1.45. The standard InChI is InChI=1S/C10H16O2/c1-9(2)7-3-4-10(12,6-11)8(9)5-7/h6-8,12H,3-5H2,1-2H3/t7?,8?,10-/m0/s1. The second-order valence-electron chi connectivity index (χ2n) is 4.95. The van der Waals surface area contributed by atoms with Crippen LogP contribution in [-0.4, -0.2) is 17.0 Å². The van der Waals surface area contributed by atoms with Crippen molar-refractivity contribution in [1.29, 1.82) is 0 Å². The maximum atomic E-state index is 10.8. The van der Waals surface area contributed by atoms with Gasteiger partial charge < -0.3 is 9.90 Å². The van der Waals surface area contributed by atoms with Crippen LogP contribution >= 0.6 is 0 Å². The second kappa shape index (κ2) is 2.11. The highest BCUT2D eigenvalue weighted by molar-refractivity contribution is 5.64. The van der Waals surface area contributed by atoms with Crippen molar-refractivity contribution >= 4 is 6.29 Å². The van der Waals surface area contributed by atoms with E-state index in [-0.39, 0.29) is 11.3 Å². The van der Waals surface area contributed by atoms with E-state index in [2.05, 4.69) is 13.8 Å². The minimum atomic E-state index is -1.00. The van der Waals surface area contributed by atoms with Crippen LogP contribution in [0.1, 0.15) is 33.1 Å². The summed E-state index contributed by atoms with van der Waals surface area (Å²) in [5.41, 5.74) is -0.813. The van der Waals surface area contributed by atoms with Gasteiger partial charge in [0.15, 0.2) is 6.29 Å². The van der Waals surface area contributed by atoms with E-state index in [9.17, 15) is 9.90 Å². The lowest BCUT2D eigenvalue weighted by Crippen LogP contribution is -2.62. The Morgan fingerprint density at radius 2 is 2.17 bits per heavy atom. The van der Waals surface area contributed by atoms with Gasteiger partial charge in [-0.05, 0) is 30.6 Å². The Morgan fingerprint density at radius 3 is 2.50 bits per heavy atom. The molecule has 12 heavy (non-hydrogen) atoms. The van der Waals surface area contributed by atoms with Gasteiger partial charge in [-0.3, -0.25) is 0 Å². The van der Waals surface area contributed by atoms with Crippen LogP contribution in [0.2, 0.25) is 0 Å². The summed E-state index contributed by atoms with van der Waals surface area (Å²) in [7, 11) is 0. The van der Waals surface area contributed by atoms with Crippen LogP contribution in [-0.2, 0) is 4.79 Å². The topological polar surface area (TPSA) is 37.3 Å². The number of carbonyl (C=O) groups excluding carboxylic acids is 1. The first-order chi connectivity index (χ1) is 5.50. The Labute approximate surface area is 73.0 Å². The minimum Gasteiger partial charge on any atom is -0.382 e. The highest BCUT2D eigenvalue weighted by Crippen LogP contribution is 2.62. The van der Waals surface area contributed by atoms with Crippen molar-refractivity contribution < 1.29 is 9.90 Å². The van der Waals surface area contributed by atoms with Gasteiger partial charge in [-0.25, -0.2) is 0 Å². The molecule has 0 spiro atoms. The molecule has 0 saturated heterocycles. The Bertz CT molecular complexity index is 220. The van der Waals surface area contributed by atoms with Crippen LogP contribution in [0.15, 0.2) is 0 Å². The molecule has 3 aliphatic carbocycles. The maximum Gasteiger partial charge on any atom is 0.151 e. The van der Waals surface area contributed by atoms with E-state index in [0.29, 0.717) is 6.42 Å². The molecule has 2 nitrogen and oxygen atoms in total.